The van der Waals surface area contributed by atoms with Gasteiger partial charge >= 0.3 is 0 Å². The van der Waals surface area contributed by atoms with Crippen molar-refractivity contribution in [2.45, 2.75) is 6.92 Å². The van der Waals surface area contributed by atoms with Crippen molar-refractivity contribution < 1.29 is 0 Å². The van der Waals surface area contributed by atoms with Gasteiger partial charge in [0.15, 0.2) is 0 Å². The molecule has 0 unspecified atom stereocenters. The highest BCUT2D eigenvalue weighted by Gasteiger charge is 2.16. The Balaban J connectivity index is 2.07. The fraction of sp³-hybridized carbons (Fsp3) is 0.0435. The Hall–Kier alpha value is -2.98. The van der Waals surface area contributed by atoms with Gasteiger partial charge in [0, 0.05) is 27.2 Å². The molecule has 0 aliphatic heterocycles. The smallest absolute Gasteiger partial charge is 0.116 e. The molecule has 2 heterocycles. The molecule has 2 aromatic heterocycles. The molecule has 0 atom stereocenters. The Morgan fingerprint density at radius 1 is 1.11 bits per heavy atom. The SMILES string of the molecule is C=Cc1c(Br)cc2ccn(-c3cncnc3-c3ccccc3)c2c1/C=C\C. The lowest BCUT2D eigenvalue weighted by Gasteiger charge is -2.14. The van der Waals surface area contributed by atoms with E-state index in [0.29, 0.717) is 0 Å². The van der Waals surface area contributed by atoms with Gasteiger partial charge in [-0.05, 0) is 24.6 Å². The lowest BCUT2D eigenvalue weighted by Crippen LogP contribution is -2.01. The molecular weight excluding hydrogens is 398 g/mol. The first-order chi connectivity index (χ1) is 13.2. The van der Waals surface area contributed by atoms with Crippen LogP contribution in [0, 0.1) is 0 Å². The van der Waals surface area contributed by atoms with Crippen molar-refractivity contribution in [3.63, 3.8) is 0 Å². The standard InChI is InChI=1S/C23H18BrN3/c1-3-8-19-18(4-2)20(24)13-17-11-12-27(23(17)19)21-14-25-15-26-22(21)16-9-6-5-7-10-16/h3-15H,2H2,1H3/b8-3-. The van der Waals surface area contributed by atoms with Crippen molar-refractivity contribution in [3.05, 3.63) is 89.4 Å². The Bertz CT molecular complexity index is 1160. The van der Waals surface area contributed by atoms with Crippen LogP contribution in [0.1, 0.15) is 18.1 Å². The van der Waals surface area contributed by atoms with E-state index in [-0.39, 0.29) is 0 Å². The summed E-state index contributed by atoms with van der Waals surface area (Å²) in [5.41, 5.74) is 6.20. The van der Waals surface area contributed by atoms with Crippen LogP contribution in [0.3, 0.4) is 0 Å². The van der Waals surface area contributed by atoms with E-state index in [2.05, 4.69) is 73.6 Å². The van der Waals surface area contributed by atoms with Gasteiger partial charge in [-0.3, -0.25) is 0 Å². The number of aromatic nitrogens is 3. The van der Waals surface area contributed by atoms with Gasteiger partial charge in [-0.25, -0.2) is 9.97 Å². The molecule has 0 saturated carbocycles. The third-order valence-electron chi connectivity index (χ3n) is 4.54. The van der Waals surface area contributed by atoms with Gasteiger partial charge in [-0.15, -0.1) is 0 Å². The van der Waals surface area contributed by atoms with Crippen LogP contribution in [0.4, 0.5) is 0 Å². The molecule has 0 bridgehead atoms. The maximum atomic E-state index is 4.57. The molecule has 0 amide bonds. The minimum Gasteiger partial charge on any atom is -0.313 e. The Labute approximate surface area is 166 Å². The largest absolute Gasteiger partial charge is 0.313 e. The normalized spacial score (nSPS) is 11.3. The first-order valence-electron chi connectivity index (χ1n) is 8.69. The molecule has 0 spiro atoms. The summed E-state index contributed by atoms with van der Waals surface area (Å²) in [7, 11) is 0. The van der Waals surface area contributed by atoms with Gasteiger partial charge in [-0.1, -0.05) is 71.1 Å². The van der Waals surface area contributed by atoms with E-state index in [1.165, 1.54) is 0 Å². The number of fused-ring (bicyclic) bond motifs is 1. The number of rotatable bonds is 4. The Morgan fingerprint density at radius 3 is 2.67 bits per heavy atom. The third kappa shape index (κ3) is 3.02. The van der Waals surface area contributed by atoms with Crippen LogP contribution < -0.4 is 0 Å². The Morgan fingerprint density at radius 2 is 1.93 bits per heavy atom. The van der Waals surface area contributed by atoms with Gasteiger partial charge in [-0.2, -0.15) is 0 Å². The van der Waals surface area contributed by atoms with Crippen molar-refractivity contribution in [3.8, 4) is 16.9 Å². The van der Waals surface area contributed by atoms with E-state index in [9.17, 15) is 0 Å². The van der Waals surface area contributed by atoms with Gasteiger partial charge in [0.2, 0.25) is 0 Å². The van der Waals surface area contributed by atoms with Crippen LogP contribution >= 0.6 is 15.9 Å². The second-order valence-electron chi connectivity index (χ2n) is 6.14. The molecule has 3 nitrogen and oxygen atoms in total. The highest BCUT2D eigenvalue weighted by molar-refractivity contribution is 9.10. The molecule has 4 rings (SSSR count). The number of benzene rings is 2. The quantitative estimate of drug-likeness (QED) is 0.379. The summed E-state index contributed by atoms with van der Waals surface area (Å²) in [4.78, 5) is 8.86. The maximum absolute atomic E-state index is 4.57. The zero-order chi connectivity index (χ0) is 18.8. The van der Waals surface area contributed by atoms with Crippen LogP contribution in [0.15, 0.2) is 78.3 Å². The van der Waals surface area contributed by atoms with Crippen molar-refractivity contribution >= 4 is 39.0 Å². The summed E-state index contributed by atoms with van der Waals surface area (Å²) in [5, 5.41) is 1.14. The van der Waals surface area contributed by atoms with Crippen LogP contribution in [-0.4, -0.2) is 14.5 Å². The summed E-state index contributed by atoms with van der Waals surface area (Å²) in [6, 6.07) is 14.4. The van der Waals surface area contributed by atoms with E-state index in [1.54, 1.807) is 6.33 Å². The number of allylic oxidation sites excluding steroid dienone is 1. The molecule has 4 aromatic rings. The number of hydrogen-bond donors (Lipinski definition) is 0. The molecule has 27 heavy (non-hydrogen) atoms. The van der Waals surface area contributed by atoms with Gasteiger partial charge in [0.25, 0.3) is 0 Å². The van der Waals surface area contributed by atoms with Crippen molar-refractivity contribution in [2.75, 3.05) is 0 Å². The van der Waals surface area contributed by atoms with Gasteiger partial charge in [0.1, 0.15) is 6.33 Å². The molecule has 0 radical (unpaired) electrons. The predicted octanol–water partition coefficient (Wildman–Crippen LogP) is 6.53. The highest BCUT2D eigenvalue weighted by Crippen LogP contribution is 2.35. The van der Waals surface area contributed by atoms with E-state index >= 15 is 0 Å². The second-order valence-corrected chi connectivity index (χ2v) is 6.99. The summed E-state index contributed by atoms with van der Waals surface area (Å²) < 4.78 is 3.19. The van der Waals surface area contributed by atoms with Crippen LogP contribution in [-0.2, 0) is 0 Å². The molecule has 0 N–H and O–H groups in total. The zero-order valence-corrected chi connectivity index (χ0v) is 16.5. The van der Waals surface area contributed by atoms with Crippen LogP contribution in [0.2, 0.25) is 0 Å². The molecule has 0 aliphatic rings. The fourth-order valence-electron chi connectivity index (χ4n) is 3.38. The minimum absolute atomic E-state index is 0.901. The minimum atomic E-state index is 0.901. The lowest BCUT2D eigenvalue weighted by molar-refractivity contribution is 1.05. The van der Waals surface area contributed by atoms with E-state index in [0.717, 1.165) is 43.4 Å². The van der Waals surface area contributed by atoms with Crippen molar-refractivity contribution in [2.24, 2.45) is 0 Å². The number of hydrogen-bond acceptors (Lipinski definition) is 2. The van der Waals surface area contributed by atoms with Crippen molar-refractivity contribution in [1.82, 2.24) is 14.5 Å². The lowest BCUT2D eigenvalue weighted by atomic mass is 10.0. The summed E-state index contributed by atoms with van der Waals surface area (Å²) in [5.74, 6) is 0. The number of nitrogens with zero attached hydrogens (tertiary/aromatic N) is 3. The first kappa shape index (κ1) is 17.4. The molecule has 4 heteroatoms. The van der Waals surface area contributed by atoms with E-state index < -0.39 is 0 Å². The van der Waals surface area contributed by atoms with Gasteiger partial charge < -0.3 is 4.57 Å². The van der Waals surface area contributed by atoms with Crippen molar-refractivity contribution in [1.29, 1.82) is 0 Å². The summed E-state index contributed by atoms with van der Waals surface area (Å²) >= 11 is 3.68. The Kier molecular flexibility index (Phi) is 4.73. The maximum Gasteiger partial charge on any atom is 0.116 e. The predicted molar refractivity (Wildman–Crippen MR) is 117 cm³/mol. The highest BCUT2D eigenvalue weighted by atomic mass is 79.9. The molecule has 0 fully saturated rings. The molecular formula is C23H18BrN3. The summed E-state index contributed by atoms with van der Waals surface area (Å²) in [6.07, 6.45) is 11.6. The molecule has 0 aliphatic carbocycles. The average molecular weight is 416 g/mol. The summed E-state index contributed by atoms with van der Waals surface area (Å²) in [6.45, 7) is 6.02. The number of halogens is 1. The van der Waals surface area contributed by atoms with Crippen LogP contribution in [0.25, 0.3) is 40.0 Å². The topological polar surface area (TPSA) is 30.7 Å². The molecule has 132 valence electrons. The van der Waals surface area contributed by atoms with E-state index in [4.69, 9.17) is 0 Å². The zero-order valence-electron chi connectivity index (χ0n) is 14.9. The van der Waals surface area contributed by atoms with Gasteiger partial charge in [0.05, 0.1) is 23.1 Å². The fourth-order valence-corrected chi connectivity index (χ4v) is 4.00. The third-order valence-corrected chi connectivity index (χ3v) is 5.20. The van der Waals surface area contributed by atoms with Crippen LogP contribution in [0.5, 0.6) is 0 Å². The second kappa shape index (κ2) is 7.33. The monoisotopic (exact) mass is 415 g/mol. The van der Waals surface area contributed by atoms with E-state index in [1.807, 2.05) is 43.5 Å². The molecule has 2 aromatic carbocycles. The average Bonchev–Trinajstić information content (AvgIpc) is 3.12. The first-order valence-corrected chi connectivity index (χ1v) is 9.48. The molecule has 0 saturated heterocycles.